The van der Waals surface area contributed by atoms with Crippen LogP contribution in [0.4, 0.5) is 0 Å². The standard InChI is InChI=1S/C10H16N2O2/c1-2-3-8-4-11-10(12-5-8)9(6-13)7-14/h4-5,9,13-14H,2-3,6-7H2,1H3. The minimum absolute atomic E-state index is 0.121. The Bertz CT molecular complexity index is 257. The van der Waals surface area contributed by atoms with Gasteiger partial charge in [-0.1, -0.05) is 13.3 Å². The molecule has 0 aliphatic rings. The molecule has 0 spiro atoms. The van der Waals surface area contributed by atoms with E-state index < -0.39 is 0 Å². The average molecular weight is 196 g/mol. The Morgan fingerprint density at radius 2 is 1.79 bits per heavy atom. The summed E-state index contributed by atoms with van der Waals surface area (Å²) in [6.07, 6.45) is 5.53. The van der Waals surface area contributed by atoms with Crippen molar-refractivity contribution < 1.29 is 10.2 Å². The molecule has 78 valence electrons. The molecule has 0 bridgehead atoms. The van der Waals surface area contributed by atoms with Gasteiger partial charge in [-0.2, -0.15) is 0 Å². The van der Waals surface area contributed by atoms with Gasteiger partial charge in [0, 0.05) is 12.4 Å². The first kappa shape index (κ1) is 11.1. The van der Waals surface area contributed by atoms with Crippen LogP contribution in [0.15, 0.2) is 12.4 Å². The Labute approximate surface area is 83.6 Å². The second-order valence-corrected chi connectivity index (χ2v) is 3.26. The molecule has 1 heterocycles. The van der Waals surface area contributed by atoms with Crippen LogP contribution >= 0.6 is 0 Å². The third-order valence-electron chi connectivity index (χ3n) is 2.07. The highest BCUT2D eigenvalue weighted by Crippen LogP contribution is 2.09. The number of hydrogen-bond acceptors (Lipinski definition) is 4. The number of aliphatic hydroxyl groups excluding tert-OH is 2. The maximum absolute atomic E-state index is 8.91. The Morgan fingerprint density at radius 3 is 2.21 bits per heavy atom. The van der Waals surface area contributed by atoms with E-state index in [0.717, 1.165) is 18.4 Å². The van der Waals surface area contributed by atoms with Gasteiger partial charge in [0.2, 0.25) is 0 Å². The molecule has 1 rings (SSSR count). The monoisotopic (exact) mass is 196 g/mol. The van der Waals surface area contributed by atoms with Gasteiger partial charge in [-0.3, -0.25) is 0 Å². The van der Waals surface area contributed by atoms with Crippen LogP contribution < -0.4 is 0 Å². The van der Waals surface area contributed by atoms with Gasteiger partial charge >= 0.3 is 0 Å². The number of aryl methyl sites for hydroxylation is 1. The fraction of sp³-hybridized carbons (Fsp3) is 0.600. The maximum atomic E-state index is 8.91. The number of nitrogens with zero attached hydrogens (tertiary/aromatic N) is 2. The highest BCUT2D eigenvalue weighted by Gasteiger charge is 2.11. The number of aromatic nitrogens is 2. The summed E-state index contributed by atoms with van der Waals surface area (Å²) in [7, 11) is 0. The van der Waals surface area contributed by atoms with Crippen LogP contribution in [0.25, 0.3) is 0 Å². The van der Waals surface area contributed by atoms with Gasteiger partial charge in [-0.15, -0.1) is 0 Å². The van der Waals surface area contributed by atoms with Crippen molar-refractivity contribution >= 4 is 0 Å². The van der Waals surface area contributed by atoms with Crippen LogP contribution in [0.1, 0.15) is 30.7 Å². The predicted molar refractivity (Wildman–Crippen MR) is 52.9 cm³/mol. The highest BCUT2D eigenvalue weighted by molar-refractivity contribution is 5.07. The molecule has 0 amide bonds. The lowest BCUT2D eigenvalue weighted by Gasteiger charge is -2.08. The van der Waals surface area contributed by atoms with Crippen LogP contribution in [-0.4, -0.2) is 33.4 Å². The molecule has 4 heteroatoms. The molecule has 0 radical (unpaired) electrons. The van der Waals surface area contributed by atoms with Gasteiger partial charge in [0.1, 0.15) is 5.82 Å². The number of rotatable bonds is 5. The molecule has 1 aromatic rings. The van der Waals surface area contributed by atoms with E-state index in [4.69, 9.17) is 10.2 Å². The third-order valence-corrected chi connectivity index (χ3v) is 2.07. The van der Waals surface area contributed by atoms with Crippen LogP contribution in [0.5, 0.6) is 0 Å². The summed E-state index contributed by atoms with van der Waals surface area (Å²) in [4.78, 5) is 8.22. The van der Waals surface area contributed by atoms with Crippen molar-refractivity contribution in [2.75, 3.05) is 13.2 Å². The number of hydrogen-bond donors (Lipinski definition) is 2. The topological polar surface area (TPSA) is 66.2 Å². The zero-order valence-corrected chi connectivity index (χ0v) is 8.35. The van der Waals surface area contributed by atoms with Crippen LogP contribution in [0, 0.1) is 0 Å². The summed E-state index contributed by atoms with van der Waals surface area (Å²) >= 11 is 0. The van der Waals surface area contributed by atoms with E-state index in [0.29, 0.717) is 5.82 Å². The SMILES string of the molecule is CCCc1cnc(C(CO)CO)nc1. The molecule has 4 nitrogen and oxygen atoms in total. The maximum Gasteiger partial charge on any atom is 0.135 e. The first-order chi connectivity index (χ1) is 6.81. The molecule has 1 aromatic heterocycles. The van der Waals surface area contributed by atoms with Crippen LogP contribution in [0.2, 0.25) is 0 Å². The first-order valence-electron chi connectivity index (χ1n) is 4.84. The summed E-state index contributed by atoms with van der Waals surface area (Å²) in [5.41, 5.74) is 1.09. The third kappa shape index (κ3) is 2.75. The van der Waals surface area contributed by atoms with E-state index in [1.807, 2.05) is 0 Å². The molecule has 0 unspecified atom stereocenters. The lowest BCUT2D eigenvalue weighted by Crippen LogP contribution is -2.12. The molecule has 0 saturated carbocycles. The minimum Gasteiger partial charge on any atom is -0.396 e. The van der Waals surface area contributed by atoms with E-state index in [1.54, 1.807) is 12.4 Å². The van der Waals surface area contributed by atoms with Crippen LogP contribution in [-0.2, 0) is 6.42 Å². The normalized spacial score (nSPS) is 10.9. The van der Waals surface area contributed by atoms with Gasteiger partial charge in [0.15, 0.2) is 0 Å². The van der Waals surface area contributed by atoms with Crippen molar-refractivity contribution in [3.05, 3.63) is 23.8 Å². The van der Waals surface area contributed by atoms with Gasteiger partial charge in [-0.25, -0.2) is 9.97 Å². The lowest BCUT2D eigenvalue weighted by atomic mass is 10.1. The van der Waals surface area contributed by atoms with Crippen molar-refractivity contribution in [3.63, 3.8) is 0 Å². The van der Waals surface area contributed by atoms with Crippen molar-refractivity contribution in [3.8, 4) is 0 Å². The largest absolute Gasteiger partial charge is 0.396 e. The quantitative estimate of drug-likeness (QED) is 0.719. The van der Waals surface area contributed by atoms with Crippen molar-refractivity contribution in [1.82, 2.24) is 9.97 Å². The molecule has 0 aliphatic heterocycles. The second-order valence-electron chi connectivity index (χ2n) is 3.26. The minimum atomic E-state index is -0.356. The summed E-state index contributed by atoms with van der Waals surface area (Å²) in [5.74, 6) is 0.153. The van der Waals surface area contributed by atoms with Gasteiger partial charge in [0.05, 0.1) is 19.1 Å². The highest BCUT2D eigenvalue weighted by atomic mass is 16.3. The molecule has 0 aromatic carbocycles. The Kier molecular flexibility index (Phi) is 4.49. The fourth-order valence-corrected chi connectivity index (χ4v) is 1.21. The van der Waals surface area contributed by atoms with Crippen molar-refractivity contribution in [1.29, 1.82) is 0 Å². The van der Waals surface area contributed by atoms with E-state index >= 15 is 0 Å². The smallest absolute Gasteiger partial charge is 0.135 e. The predicted octanol–water partition coefficient (Wildman–Crippen LogP) is 0.497. The Balaban J connectivity index is 2.71. The Morgan fingerprint density at radius 1 is 1.21 bits per heavy atom. The average Bonchev–Trinajstić information content (AvgIpc) is 2.23. The number of aliphatic hydroxyl groups is 2. The summed E-state index contributed by atoms with van der Waals surface area (Å²) in [6.45, 7) is 1.85. The molecule has 0 atom stereocenters. The van der Waals surface area contributed by atoms with Gasteiger partial charge in [-0.05, 0) is 12.0 Å². The zero-order valence-electron chi connectivity index (χ0n) is 8.35. The van der Waals surface area contributed by atoms with Gasteiger partial charge < -0.3 is 10.2 Å². The van der Waals surface area contributed by atoms with E-state index in [9.17, 15) is 0 Å². The van der Waals surface area contributed by atoms with E-state index in [-0.39, 0.29) is 19.1 Å². The molecule has 0 saturated heterocycles. The first-order valence-corrected chi connectivity index (χ1v) is 4.84. The molecule has 0 aliphatic carbocycles. The van der Waals surface area contributed by atoms with Crippen molar-refractivity contribution in [2.24, 2.45) is 0 Å². The Hall–Kier alpha value is -1.00. The van der Waals surface area contributed by atoms with Crippen LogP contribution in [0.3, 0.4) is 0 Å². The summed E-state index contributed by atoms with van der Waals surface area (Å²) < 4.78 is 0. The molecular formula is C10H16N2O2. The molecular weight excluding hydrogens is 180 g/mol. The zero-order chi connectivity index (χ0) is 10.4. The van der Waals surface area contributed by atoms with Crippen molar-refractivity contribution in [2.45, 2.75) is 25.7 Å². The lowest BCUT2D eigenvalue weighted by molar-refractivity contribution is 0.187. The molecule has 14 heavy (non-hydrogen) atoms. The molecule has 0 fully saturated rings. The molecule has 2 N–H and O–H groups in total. The second kappa shape index (κ2) is 5.67. The van der Waals surface area contributed by atoms with E-state index in [1.165, 1.54) is 0 Å². The summed E-state index contributed by atoms with van der Waals surface area (Å²) in [5, 5.41) is 17.8. The summed E-state index contributed by atoms with van der Waals surface area (Å²) in [6, 6.07) is 0. The van der Waals surface area contributed by atoms with E-state index in [2.05, 4.69) is 16.9 Å². The fourth-order valence-electron chi connectivity index (χ4n) is 1.21. The van der Waals surface area contributed by atoms with Gasteiger partial charge in [0.25, 0.3) is 0 Å².